The number of para-hydroxylation sites is 1. The van der Waals surface area contributed by atoms with E-state index in [4.69, 9.17) is 9.57 Å². The molecule has 1 heterocycles. The first-order valence-corrected chi connectivity index (χ1v) is 6.00. The van der Waals surface area contributed by atoms with Crippen molar-refractivity contribution >= 4 is 11.6 Å². The Bertz CT molecular complexity index is 487. The molecule has 6 heteroatoms. The highest BCUT2D eigenvalue weighted by Gasteiger charge is 2.29. The Balaban J connectivity index is 1.92. The van der Waals surface area contributed by atoms with Crippen LogP contribution in [0.1, 0.15) is 12.0 Å². The lowest BCUT2D eigenvalue weighted by Crippen LogP contribution is -2.36. The normalized spacial score (nSPS) is 17.7. The van der Waals surface area contributed by atoms with Gasteiger partial charge in [0.05, 0.1) is 12.3 Å². The zero-order chi connectivity index (χ0) is 13.7. The molecule has 0 aromatic heterocycles. The molecule has 1 aromatic rings. The van der Waals surface area contributed by atoms with E-state index >= 15 is 0 Å². The molecule has 0 radical (unpaired) electrons. The Morgan fingerprint density at radius 1 is 1.58 bits per heavy atom. The van der Waals surface area contributed by atoms with Crippen LogP contribution < -0.4 is 5.32 Å². The van der Waals surface area contributed by atoms with Crippen molar-refractivity contribution < 1.29 is 19.5 Å². The largest absolute Gasteiger partial charge is 0.507 e. The second-order valence-electron chi connectivity index (χ2n) is 4.14. The number of ether oxygens (including phenoxy) is 1. The lowest BCUT2D eigenvalue weighted by Gasteiger charge is -2.08. The number of amides is 1. The number of nitrogens with one attached hydrogen (secondary N) is 1. The van der Waals surface area contributed by atoms with E-state index in [1.807, 2.05) is 0 Å². The van der Waals surface area contributed by atoms with Gasteiger partial charge in [-0.15, -0.1) is 0 Å². The van der Waals surface area contributed by atoms with Crippen LogP contribution in [0, 0.1) is 0 Å². The van der Waals surface area contributed by atoms with Crippen molar-refractivity contribution in [3.8, 4) is 5.75 Å². The second-order valence-corrected chi connectivity index (χ2v) is 4.14. The van der Waals surface area contributed by atoms with Crippen LogP contribution in [0.15, 0.2) is 29.4 Å². The van der Waals surface area contributed by atoms with Crippen LogP contribution in [-0.2, 0) is 14.4 Å². The molecule has 1 amide bonds. The molecule has 102 valence electrons. The van der Waals surface area contributed by atoms with Crippen molar-refractivity contribution in [3.05, 3.63) is 29.8 Å². The summed E-state index contributed by atoms with van der Waals surface area (Å²) in [6, 6.07) is 6.83. The predicted octanol–water partition coefficient (Wildman–Crippen LogP) is 0.648. The van der Waals surface area contributed by atoms with Crippen LogP contribution in [0.25, 0.3) is 0 Å². The topological polar surface area (TPSA) is 80.2 Å². The standard InChI is InChI=1S/C13H16N2O4/c1-18-7-6-14-13(17)12-8-10(15-19-12)9-4-2-3-5-11(9)16/h2-5,12,16H,6-8H2,1H3,(H,14,17). The van der Waals surface area contributed by atoms with Gasteiger partial charge in [0.15, 0.2) is 0 Å². The number of oxime groups is 1. The minimum absolute atomic E-state index is 0.130. The third-order valence-corrected chi connectivity index (χ3v) is 2.78. The molecule has 1 aliphatic rings. The molecule has 1 atom stereocenters. The summed E-state index contributed by atoms with van der Waals surface area (Å²) in [6.07, 6.45) is -0.303. The summed E-state index contributed by atoms with van der Waals surface area (Å²) < 4.78 is 4.84. The molecule has 19 heavy (non-hydrogen) atoms. The molecular weight excluding hydrogens is 248 g/mol. The Kier molecular flexibility index (Phi) is 4.35. The highest BCUT2D eigenvalue weighted by Crippen LogP contribution is 2.23. The predicted molar refractivity (Wildman–Crippen MR) is 69.0 cm³/mol. The maximum absolute atomic E-state index is 11.8. The number of phenolic OH excluding ortho intramolecular Hbond substituents is 1. The van der Waals surface area contributed by atoms with Crippen molar-refractivity contribution in [1.82, 2.24) is 5.32 Å². The average Bonchev–Trinajstić information content (AvgIpc) is 2.89. The van der Waals surface area contributed by atoms with Gasteiger partial charge in [-0.2, -0.15) is 0 Å². The van der Waals surface area contributed by atoms with Gasteiger partial charge >= 0.3 is 0 Å². The molecule has 1 unspecified atom stereocenters. The smallest absolute Gasteiger partial charge is 0.264 e. The highest BCUT2D eigenvalue weighted by atomic mass is 16.6. The number of hydrogen-bond donors (Lipinski definition) is 2. The van der Waals surface area contributed by atoms with E-state index in [1.54, 1.807) is 31.4 Å². The van der Waals surface area contributed by atoms with Crippen LogP contribution in [0.2, 0.25) is 0 Å². The molecule has 6 nitrogen and oxygen atoms in total. The van der Waals surface area contributed by atoms with Crippen molar-refractivity contribution in [3.63, 3.8) is 0 Å². The first-order chi connectivity index (χ1) is 9.22. The van der Waals surface area contributed by atoms with Gasteiger partial charge in [-0.25, -0.2) is 0 Å². The van der Waals surface area contributed by atoms with Gasteiger partial charge in [0.1, 0.15) is 5.75 Å². The molecule has 0 spiro atoms. The number of carbonyl (C=O) groups is 1. The average molecular weight is 264 g/mol. The lowest BCUT2D eigenvalue weighted by atomic mass is 10.0. The second kappa shape index (κ2) is 6.19. The van der Waals surface area contributed by atoms with Gasteiger partial charge < -0.3 is 20.0 Å². The molecule has 0 bridgehead atoms. The Morgan fingerprint density at radius 3 is 3.11 bits per heavy atom. The minimum atomic E-state index is -0.647. The van der Waals surface area contributed by atoms with E-state index in [1.165, 1.54) is 0 Å². The first-order valence-electron chi connectivity index (χ1n) is 6.00. The monoisotopic (exact) mass is 264 g/mol. The fourth-order valence-corrected chi connectivity index (χ4v) is 1.78. The first kappa shape index (κ1) is 13.4. The maximum atomic E-state index is 11.8. The zero-order valence-electron chi connectivity index (χ0n) is 10.6. The molecule has 1 aliphatic heterocycles. The van der Waals surface area contributed by atoms with Crippen LogP contribution in [0.5, 0.6) is 5.75 Å². The van der Waals surface area contributed by atoms with Crippen LogP contribution in [0.4, 0.5) is 0 Å². The van der Waals surface area contributed by atoms with Gasteiger partial charge in [0, 0.05) is 25.6 Å². The summed E-state index contributed by atoms with van der Waals surface area (Å²) in [5.74, 6) is -0.100. The molecule has 2 rings (SSSR count). The zero-order valence-corrected chi connectivity index (χ0v) is 10.6. The fourth-order valence-electron chi connectivity index (χ4n) is 1.78. The quantitative estimate of drug-likeness (QED) is 0.765. The van der Waals surface area contributed by atoms with Gasteiger partial charge in [-0.1, -0.05) is 17.3 Å². The molecule has 0 saturated carbocycles. The van der Waals surface area contributed by atoms with Gasteiger partial charge in [-0.05, 0) is 12.1 Å². The maximum Gasteiger partial charge on any atom is 0.264 e. The van der Waals surface area contributed by atoms with E-state index in [0.717, 1.165) is 0 Å². The lowest BCUT2D eigenvalue weighted by molar-refractivity contribution is -0.131. The van der Waals surface area contributed by atoms with Gasteiger partial charge in [0.25, 0.3) is 5.91 Å². The minimum Gasteiger partial charge on any atom is -0.507 e. The van der Waals surface area contributed by atoms with Crippen molar-refractivity contribution in [1.29, 1.82) is 0 Å². The summed E-state index contributed by atoms with van der Waals surface area (Å²) in [5, 5.41) is 16.3. The Labute approximate surface area is 111 Å². The van der Waals surface area contributed by atoms with Gasteiger partial charge in [0.2, 0.25) is 6.10 Å². The van der Waals surface area contributed by atoms with E-state index in [2.05, 4.69) is 10.5 Å². The Hall–Kier alpha value is -2.08. The molecular formula is C13H16N2O4. The third kappa shape index (κ3) is 3.23. The third-order valence-electron chi connectivity index (χ3n) is 2.78. The summed E-state index contributed by atoms with van der Waals surface area (Å²) >= 11 is 0. The number of phenols is 1. The van der Waals surface area contributed by atoms with Crippen LogP contribution in [-0.4, -0.2) is 43.1 Å². The summed E-state index contributed by atoms with van der Waals surface area (Å²) in [4.78, 5) is 16.8. The number of aromatic hydroxyl groups is 1. The fraction of sp³-hybridized carbons (Fsp3) is 0.385. The van der Waals surface area contributed by atoms with E-state index < -0.39 is 6.10 Å². The van der Waals surface area contributed by atoms with Crippen molar-refractivity contribution in [2.75, 3.05) is 20.3 Å². The number of nitrogens with zero attached hydrogens (tertiary/aromatic N) is 1. The van der Waals surface area contributed by atoms with E-state index in [9.17, 15) is 9.90 Å². The number of rotatable bonds is 5. The van der Waals surface area contributed by atoms with Crippen LogP contribution >= 0.6 is 0 Å². The number of hydrogen-bond acceptors (Lipinski definition) is 5. The molecule has 0 fully saturated rings. The summed E-state index contributed by atoms with van der Waals surface area (Å²) in [6.45, 7) is 0.882. The Morgan fingerprint density at radius 2 is 2.37 bits per heavy atom. The van der Waals surface area contributed by atoms with E-state index in [-0.39, 0.29) is 11.7 Å². The van der Waals surface area contributed by atoms with Crippen molar-refractivity contribution in [2.45, 2.75) is 12.5 Å². The molecule has 2 N–H and O–H groups in total. The molecule has 1 aromatic carbocycles. The van der Waals surface area contributed by atoms with Gasteiger partial charge in [-0.3, -0.25) is 4.79 Å². The number of carbonyl (C=O) groups excluding carboxylic acids is 1. The van der Waals surface area contributed by atoms with Crippen LogP contribution in [0.3, 0.4) is 0 Å². The summed E-state index contributed by atoms with van der Waals surface area (Å²) in [5.41, 5.74) is 1.17. The van der Waals surface area contributed by atoms with Crippen molar-refractivity contribution in [2.24, 2.45) is 5.16 Å². The summed E-state index contributed by atoms with van der Waals surface area (Å²) in [7, 11) is 1.57. The highest BCUT2D eigenvalue weighted by molar-refractivity contribution is 6.05. The van der Waals surface area contributed by atoms with E-state index in [0.29, 0.717) is 30.8 Å². The number of methoxy groups -OCH3 is 1. The number of benzene rings is 1. The molecule has 0 aliphatic carbocycles. The SMILES string of the molecule is COCCNC(=O)C1CC(c2ccccc2O)=NO1. The molecule has 0 saturated heterocycles.